The van der Waals surface area contributed by atoms with Crippen molar-refractivity contribution in [3.05, 3.63) is 37.3 Å². The number of aliphatic imine (C=N–C) groups is 1. The molecule has 0 bridgehead atoms. The molecule has 3 heteroatoms. The van der Waals surface area contributed by atoms with E-state index in [9.17, 15) is 0 Å². The van der Waals surface area contributed by atoms with E-state index in [0.29, 0.717) is 11.5 Å². The maximum absolute atomic E-state index is 5.11. The SMILES string of the molecule is C=CC(=C)OC(=C)C(I)=NC. The van der Waals surface area contributed by atoms with Gasteiger partial charge in [-0.05, 0) is 28.7 Å². The zero-order chi connectivity index (χ0) is 8.85. The van der Waals surface area contributed by atoms with Gasteiger partial charge in [-0.25, -0.2) is 0 Å². The van der Waals surface area contributed by atoms with Crippen molar-refractivity contribution < 1.29 is 4.74 Å². The smallest absolute Gasteiger partial charge is 0.151 e. The average molecular weight is 263 g/mol. The van der Waals surface area contributed by atoms with Gasteiger partial charge in [0.25, 0.3) is 0 Å². The summed E-state index contributed by atoms with van der Waals surface area (Å²) in [6, 6.07) is 0. The number of hydrogen-bond donors (Lipinski definition) is 0. The van der Waals surface area contributed by atoms with Gasteiger partial charge in [0.15, 0.2) is 5.76 Å². The van der Waals surface area contributed by atoms with E-state index in [1.807, 2.05) is 22.6 Å². The van der Waals surface area contributed by atoms with Crippen LogP contribution in [0.3, 0.4) is 0 Å². The predicted octanol–water partition coefficient (Wildman–Crippen LogP) is 2.68. The van der Waals surface area contributed by atoms with Crippen LogP contribution < -0.4 is 0 Å². The monoisotopic (exact) mass is 263 g/mol. The second kappa shape index (κ2) is 5.12. The van der Waals surface area contributed by atoms with Crippen molar-refractivity contribution in [3.63, 3.8) is 0 Å². The first kappa shape index (κ1) is 10.4. The lowest BCUT2D eigenvalue weighted by atomic mass is 10.5. The van der Waals surface area contributed by atoms with Gasteiger partial charge in [0.05, 0.1) is 0 Å². The summed E-state index contributed by atoms with van der Waals surface area (Å²) in [6.45, 7) is 10.7. The molecule has 60 valence electrons. The molecule has 0 aromatic heterocycles. The normalized spacial score (nSPS) is 10.5. The largest absolute Gasteiger partial charge is 0.456 e. The minimum atomic E-state index is 0.479. The first-order valence-electron chi connectivity index (χ1n) is 2.92. The Morgan fingerprint density at radius 3 is 2.45 bits per heavy atom. The topological polar surface area (TPSA) is 21.6 Å². The number of rotatable bonds is 4. The Bertz CT molecular complexity index is 218. The molecule has 0 aliphatic heterocycles. The third-order valence-corrected chi connectivity index (χ3v) is 1.99. The molecule has 0 atom stereocenters. The van der Waals surface area contributed by atoms with Gasteiger partial charge in [-0.3, -0.25) is 4.99 Å². The lowest BCUT2D eigenvalue weighted by molar-refractivity contribution is 0.351. The fourth-order valence-corrected chi connectivity index (χ4v) is 0.477. The van der Waals surface area contributed by atoms with Crippen molar-refractivity contribution >= 4 is 26.3 Å². The van der Waals surface area contributed by atoms with Crippen LogP contribution in [0.5, 0.6) is 0 Å². The quantitative estimate of drug-likeness (QED) is 0.331. The molecule has 0 fully saturated rings. The summed E-state index contributed by atoms with van der Waals surface area (Å²) < 4.78 is 5.83. The molecule has 0 aromatic carbocycles. The highest BCUT2D eigenvalue weighted by atomic mass is 127. The van der Waals surface area contributed by atoms with Gasteiger partial charge < -0.3 is 4.74 Å². The zero-order valence-corrected chi connectivity index (χ0v) is 8.59. The van der Waals surface area contributed by atoms with Crippen molar-refractivity contribution in [2.75, 3.05) is 7.05 Å². The highest BCUT2D eigenvalue weighted by Gasteiger charge is 2.00. The Morgan fingerprint density at radius 2 is 2.09 bits per heavy atom. The van der Waals surface area contributed by atoms with Gasteiger partial charge >= 0.3 is 0 Å². The molecule has 0 saturated carbocycles. The van der Waals surface area contributed by atoms with Crippen LogP contribution in [0, 0.1) is 0 Å². The van der Waals surface area contributed by atoms with E-state index in [-0.39, 0.29) is 0 Å². The molecular weight excluding hydrogens is 253 g/mol. The Labute approximate surface area is 80.5 Å². The summed E-state index contributed by atoms with van der Waals surface area (Å²) in [4.78, 5) is 3.88. The molecule has 0 aliphatic carbocycles. The zero-order valence-electron chi connectivity index (χ0n) is 6.43. The van der Waals surface area contributed by atoms with Crippen molar-refractivity contribution in [2.24, 2.45) is 4.99 Å². The molecule has 0 heterocycles. The summed E-state index contributed by atoms with van der Waals surface area (Å²) in [5, 5.41) is 0. The van der Waals surface area contributed by atoms with Crippen molar-refractivity contribution in [2.45, 2.75) is 0 Å². The van der Waals surface area contributed by atoms with Gasteiger partial charge in [0.2, 0.25) is 0 Å². The molecule has 0 rings (SSSR count). The van der Waals surface area contributed by atoms with Crippen LogP contribution in [0.25, 0.3) is 0 Å². The van der Waals surface area contributed by atoms with Crippen LogP contribution in [0.4, 0.5) is 0 Å². The third kappa shape index (κ3) is 3.98. The van der Waals surface area contributed by atoms with Gasteiger partial charge in [0, 0.05) is 7.05 Å². The standard InChI is InChI=1S/C8H10INO/c1-5-6(2)11-7(3)8(9)10-4/h5H,1-3H2,4H3. The molecule has 0 aliphatic rings. The first-order valence-corrected chi connectivity index (χ1v) is 4.00. The fraction of sp³-hybridized carbons (Fsp3) is 0.125. The molecule has 0 aromatic rings. The summed E-state index contributed by atoms with van der Waals surface area (Å²) >= 11 is 2.03. The third-order valence-electron chi connectivity index (χ3n) is 0.908. The number of hydrogen-bond acceptors (Lipinski definition) is 2. The Kier molecular flexibility index (Phi) is 4.85. The first-order chi connectivity index (χ1) is 5.11. The van der Waals surface area contributed by atoms with Crippen LogP contribution in [0.1, 0.15) is 0 Å². The van der Waals surface area contributed by atoms with Crippen LogP contribution in [0.15, 0.2) is 42.3 Å². The second-order valence-corrected chi connectivity index (χ2v) is 2.73. The van der Waals surface area contributed by atoms with E-state index >= 15 is 0 Å². The van der Waals surface area contributed by atoms with Crippen LogP contribution in [0.2, 0.25) is 0 Å². The van der Waals surface area contributed by atoms with Crippen LogP contribution in [-0.4, -0.2) is 10.8 Å². The molecule has 0 amide bonds. The van der Waals surface area contributed by atoms with Gasteiger partial charge in [-0.2, -0.15) is 0 Å². The Hall–Kier alpha value is -0.580. The number of allylic oxidation sites excluding steroid dienone is 2. The number of nitrogens with zero attached hydrogens (tertiary/aromatic N) is 1. The molecule has 0 radical (unpaired) electrons. The van der Waals surface area contributed by atoms with E-state index in [0.717, 1.165) is 3.72 Å². The molecule has 11 heavy (non-hydrogen) atoms. The maximum Gasteiger partial charge on any atom is 0.151 e. The Morgan fingerprint density at radius 1 is 1.55 bits per heavy atom. The summed E-state index contributed by atoms with van der Waals surface area (Å²) in [7, 11) is 1.67. The predicted molar refractivity (Wildman–Crippen MR) is 56.9 cm³/mol. The van der Waals surface area contributed by atoms with Gasteiger partial charge in [0.1, 0.15) is 9.48 Å². The van der Waals surface area contributed by atoms with Crippen molar-refractivity contribution in [3.8, 4) is 0 Å². The number of ether oxygens (including phenoxy) is 1. The highest BCUT2D eigenvalue weighted by molar-refractivity contribution is 14.1. The maximum atomic E-state index is 5.11. The van der Waals surface area contributed by atoms with E-state index in [1.165, 1.54) is 6.08 Å². The summed E-state index contributed by atoms with van der Waals surface area (Å²) in [5.41, 5.74) is 0. The molecule has 0 spiro atoms. The molecule has 2 nitrogen and oxygen atoms in total. The van der Waals surface area contributed by atoms with E-state index < -0.39 is 0 Å². The lowest BCUT2D eigenvalue weighted by Gasteiger charge is -2.05. The second-order valence-electron chi connectivity index (χ2n) is 1.71. The van der Waals surface area contributed by atoms with Gasteiger partial charge in [-0.1, -0.05) is 19.7 Å². The molecule has 0 N–H and O–H groups in total. The van der Waals surface area contributed by atoms with E-state index in [4.69, 9.17) is 4.74 Å². The summed E-state index contributed by atoms with van der Waals surface area (Å²) in [6.07, 6.45) is 1.52. The van der Waals surface area contributed by atoms with Crippen LogP contribution >= 0.6 is 22.6 Å². The highest BCUT2D eigenvalue weighted by Crippen LogP contribution is 2.09. The lowest BCUT2D eigenvalue weighted by Crippen LogP contribution is -1.95. The average Bonchev–Trinajstić information content (AvgIpc) is 2.02. The molecule has 0 unspecified atom stereocenters. The number of halogens is 1. The minimum absolute atomic E-state index is 0.479. The Balaban J connectivity index is 4.09. The minimum Gasteiger partial charge on any atom is -0.456 e. The van der Waals surface area contributed by atoms with E-state index in [1.54, 1.807) is 7.05 Å². The van der Waals surface area contributed by atoms with Gasteiger partial charge in [-0.15, -0.1) is 0 Å². The van der Waals surface area contributed by atoms with Crippen molar-refractivity contribution in [1.29, 1.82) is 0 Å². The summed E-state index contributed by atoms with van der Waals surface area (Å²) in [5.74, 6) is 0.978. The van der Waals surface area contributed by atoms with Crippen molar-refractivity contribution in [1.82, 2.24) is 0 Å². The molecule has 0 saturated heterocycles. The fourth-order valence-electron chi connectivity index (χ4n) is 0.367. The molecular formula is C8H10INO. The van der Waals surface area contributed by atoms with Crippen LogP contribution in [-0.2, 0) is 4.74 Å². The van der Waals surface area contributed by atoms with E-state index in [2.05, 4.69) is 24.7 Å².